The number of thiazole rings is 1. The van der Waals surface area contributed by atoms with Crippen LogP contribution in [0, 0.1) is 0 Å². The van der Waals surface area contributed by atoms with Gasteiger partial charge in [0.05, 0.1) is 17.7 Å². The first kappa shape index (κ1) is 10.6. The number of hydrogen-bond donors (Lipinski definition) is 1. The number of nitrogens with one attached hydrogen (secondary N) is 1. The van der Waals surface area contributed by atoms with Crippen molar-refractivity contribution < 1.29 is 9.53 Å². The van der Waals surface area contributed by atoms with Gasteiger partial charge in [-0.15, -0.1) is 11.3 Å². The number of rotatable bonds is 3. The van der Waals surface area contributed by atoms with Crippen molar-refractivity contribution in [1.29, 1.82) is 0 Å². The second-order valence-electron chi connectivity index (χ2n) is 3.69. The maximum Gasteiger partial charge on any atom is 0.271 e. The Labute approximate surface area is 92.7 Å². The number of amides is 1. The summed E-state index contributed by atoms with van der Waals surface area (Å²) >= 11 is 1.42. The molecule has 0 saturated carbocycles. The first-order valence-electron chi connectivity index (χ1n) is 5.08. The fourth-order valence-electron chi connectivity index (χ4n) is 1.70. The Kier molecular flexibility index (Phi) is 3.33. The minimum absolute atomic E-state index is 0.0571. The van der Waals surface area contributed by atoms with Crippen LogP contribution < -0.4 is 5.32 Å². The fraction of sp³-hybridized carbons (Fsp3) is 0.600. The highest BCUT2D eigenvalue weighted by Gasteiger charge is 2.24. The summed E-state index contributed by atoms with van der Waals surface area (Å²) in [4.78, 5) is 15.6. The monoisotopic (exact) mass is 226 g/mol. The molecule has 82 valence electrons. The number of nitrogens with zero attached hydrogens (tertiary/aromatic N) is 1. The van der Waals surface area contributed by atoms with Crippen molar-refractivity contribution in [3.8, 4) is 0 Å². The predicted octanol–water partition coefficient (Wildman–Crippen LogP) is 1.44. The standard InChI is InChI=1S/C10H14N2O2S/c1-7(9-3-2-4-14-9)12-10(13)8-5-15-6-11-8/h5-7,9H,2-4H2,1H3,(H,12,13). The first-order valence-corrected chi connectivity index (χ1v) is 6.02. The molecule has 0 bridgehead atoms. The zero-order chi connectivity index (χ0) is 10.7. The van der Waals surface area contributed by atoms with Crippen LogP contribution in [0.2, 0.25) is 0 Å². The summed E-state index contributed by atoms with van der Waals surface area (Å²) in [6, 6.07) is 0.0571. The zero-order valence-electron chi connectivity index (χ0n) is 8.60. The van der Waals surface area contributed by atoms with Crippen molar-refractivity contribution in [2.24, 2.45) is 0 Å². The van der Waals surface area contributed by atoms with Crippen molar-refractivity contribution >= 4 is 17.2 Å². The maximum absolute atomic E-state index is 11.7. The summed E-state index contributed by atoms with van der Waals surface area (Å²) in [5.74, 6) is -0.112. The van der Waals surface area contributed by atoms with Crippen molar-refractivity contribution in [2.75, 3.05) is 6.61 Å². The van der Waals surface area contributed by atoms with E-state index in [0.717, 1.165) is 19.4 Å². The predicted molar refractivity (Wildman–Crippen MR) is 58.0 cm³/mol. The first-order chi connectivity index (χ1) is 7.27. The number of carbonyl (C=O) groups is 1. The van der Waals surface area contributed by atoms with E-state index in [-0.39, 0.29) is 18.1 Å². The van der Waals surface area contributed by atoms with Gasteiger partial charge in [-0.25, -0.2) is 4.98 Å². The van der Waals surface area contributed by atoms with Crippen LogP contribution in [0.5, 0.6) is 0 Å². The normalized spacial score (nSPS) is 22.6. The molecule has 0 spiro atoms. The molecular weight excluding hydrogens is 212 g/mol. The van der Waals surface area contributed by atoms with Crippen LogP contribution in [0.25, 0.3) is 0 Å². The Hall–Kier alpha value is -0.940. The number of carbonyl (C=O) groups excluding carboxylic acids is 1. The molecule has 1 aliphatic heterocycles. The van der Waals surface area contributed by atoms with Crippen LogP contribution in [0.4, 0.5) is 0 Å². The smallest absolute Gasteiger partial charge is 0.271 e. The summed E-state index contributed by atoms with van der Waals surface area (Å²) in [6.07, 6.45) is 2.27. The van der Waals surface area contributed by atoms with Gasteiger partial charge in [0, 0.05) is 12.0 Å². The van der Waals surface area contributed by atoms with Gasteiger partial charge in [-0.05, 0) is 19.8 Å². The molecule has 2 unspecified atom stereocenters. The molecular formula is C10H14N2O2S. The molecule has 2 atom stereocenters. The van der Waals surface area contributed by atoms with Crippen LogP contribution in [-0.4, -0.2) is 29.6 Å². The van der Waals surface area contributed by atoms with E-state index in [2.05, 4.69) is 10.3 Å². The Morgan fingerprint density at radius 1 is 1.80 bits per heavy atom. The Balaban J connectivity index is 1.88. The molecule has 5 heteroatoms. The number of aromatic nitrogens is 1. The van der Waals surface area contributed by atoms with Crippen molar-refractivity contribution in [3.63, 3.8) is 0 Å². The molecule has 2 heterocycles. The van der Waals surface area contributed by atoms with Gasteiger partial charge in [-0.1, -0.05) is 0 Å². The summed E-state index contributed by atoms with van der Waals surface area (Å²) in [5.41, 5.74) is 2.15. The molecule has 1 saturated heterocycles. The van der Waals surface area contributed by atoms with Gasteiger partial charge in [0.2, 0.25) is 0 Å². The Morgan fingerprint density at radius 2 is 2.67 bits per heavy atom. The molecule has 2 rings (SSSR count). The van der Waals surface area contributed by atoms with E-state index in [1.165, 1.54) is 11.3 Å². The van der Waals surface area contributed by atoms with Crippen molar-refractivity contribution in [2.45, 2.75) is 31.9 Å². The topological polar surface area (TPSA) is 51.2 Å². The van der Waals surface area contributed by atoms with E-state index in [0.29, 0.717) is 5.69 Å². The molecule has 1 aliphatic rings. The lowest BCUT2D eigenvalue weighted by Crippen LogP contribution is -2.40. The lowest BCUT2D eigenvalue weighted by Gasteiger charge is -2.19. The molecule has 0 aromatic carbocycles. The van der Waals surface area contributed by atoms with Gasteiger partial charge in [0.1, 0.15) is 5.69 Å². The number of ether oxygens (including phenoxy) is 1. The molecule has 0 aliphatic carbocycles. The third-order valence-corrected chi connectivity index (χ3v) is 3.13. The van der Waals surface area contributed by atoms with Crippen LogP contribution in [0.1, 0.15) is 30.3 Å². The lowest BCUT2D eigenvalue weighted by molar-refractivity contribution is 0.0710. The van der Waals surface area contributed by atoms with Gasteiger partial charge in [0.25, 0.3) is 5.91 Å². The third-order valence-electron chi connectivity index (χ3n) is 2.55. The Morgan fingerprint density at radius 3 is 3.27 bits per heavy atom. The average molecular weight is 226 g/mol. The highest BCUT2D eigenvalue weighted by Crippen LogP contribution is 2.15. The quantitative estimate of drug-likeness (QED) is 0.848. The van der Waals surface area contributed by atoms with E-state index < -0.39 is 0 Å². The molecule has 15 heavy (non-hydrogen) atoms. The summed E-state index contributed by atoms with van der Waals surface area (Å²) in [6.45, 7) is 2.78. The second-order valence-corrected chi connectivity index (χ2v) is 4.41. The summed E-state index contributed by atoms with van der Waals surface area (Å²) in [7, 11) is 0. The van der Waals surface area contributed by atoms with E-state index in [4.69, 9.17) is 4.74 Å². The molecule has 4 nitrogen and oxygen atoms in total. The van der Waals surface area contributed by atoms with Gasteiger partial charge >= 0.3 is 0 Å². The third kappa shape index (κ3) is 2.54. The highest BCUT2D eigenvalue weighted by molar-refractivity contribution is 7.07. The van der Waals surface area contributed by atoms with Crippen LogP contribution in [0.3, 0.4) is 0 Å². The van der Waals surface area contributed by atoms with Gasteiger partial charge in [-0.2, -0.15) is 0 Å². The van der Waals surface area contributed by atoms with E-state index in [9.17, 15) is 4.79 Å². The summed E-state index contributed by atoms with van der Waals surface area (Å²) in [5, 5.41) is 4.65. The van der Waals surface area contributed by atoms with Crippen LogP contribution >= 0.6 is 11.3 Å². The van der Waals surface area contributed by atoms with Crippen LogP contribution in [0.15, 0.2) is 10.9 Å². The van der Waals surface area contributed by atoms with Gasteiger partial charge < -0.3 is 10.1 Å². The zero-order valence-corrected chi connectivity index (χ0v) is 9.42. The molecule has 1 N–H and O–H groups in total. The molecule has 1 aromatic rings. The molecule has 0 radical (unpaired) electrons. The largest absolute Gasteiger partial charge is 0.376 e. The molecule has 1 amide bonds. The Bertz CT molecular complexity index is 320. The molecule has 1 fully saturated rings. The fourth-order valence-corrected chi connectivity index (χ4v) is 2.23. The minimum atomic E-state index is -0.112. The van der Waals surface area contributed by atoms with Gasteiger partial charge in [-0.3, -0.25) is 4.79 Å². The maximum atomic E-state index is 11.7. The van der Waals surface area contributed by atoms with E-state index >= 15 is 0 Å². The SMILES string of the molecule is CC(NC(=O)c1cscn1)C1CCCO1. The van der Waals surface area contributed by atoms with E-state index in [1.54, 1.807) is 10.9 Å². The minimum Gasteiger partial charge on any atom is -0.376 e. The van der Waals surface area contributed by atoms with Crippen molar-refractivity contribution in [1.82, 2.24) is 10.3 Å². The average Bonchev–Trinajstić information content (AvgIpc) is 2.91. The number of hydrogen-bond acceptors (Lipinski definition) is 4. The summed E-state index contributed by atoms with van der Waals surface area (Å²) < 4.78 is 5.50. The van der Waals surface area contributed by atoms with Gasteiger partial charge in [0.15, 0.2) is 0 Å². The molecule has 1 aromatic heterocycles. The second kappa shape index (κ2) is 4.72. The van der Waals surface area contributed by atoms with Crippen LogP contribution in [-0.2, 0) is 4.74 Å². The van der Waals surface area contributed by atoms with E-state index in [1.807, 2.05) is 6.92 Å². The highest BCUT2D eigenvalue weighted by atomic mass is 32.1. The van der Waals surface area contributed by atoms with Crippen molar-refractivity contribution in [3.05, 3.63) is 16.6 Å². The lowest BCUT2D eigenvalue weighted by atomic mass is 10.1.